The van der Waals surface area contributed by atoms with Gasteiger partial charge in [0.15, 0.2) is 0 Å². The molecule has 1 aliphatic rings. The van der Waals surface area contributed by atoms with Crippen molar-refractivity contribution in [1.29, 1.82) is 0 Å². The number of carbonyl (C=O) groups is 2. The van der Waals surface area contributed by atoms with Crippen LogP contribution in [0.5, 0.6) is 0 Å². The molecule has 0 aliphatic heterocycles. The SMILES string of the molecule is CNC(=O)CCNC(=O)C1C(C)CCCC1N. The van der Waals surface area contributed by atoms with Crippen LogP contribution in [0, 0.1) is 11.8 Å². The fraction of sp³-hybridized carbons (Fsp3) is 0.833. The topological polar surface area (TPSA) is 84.2 Å². The Labute approximate surface area is 103 Å². The first-order chi connectivity index (χ1) is 8.06. The van der Waals surface area contributed by atoms with Gasteiger partial charge in [-0.1, -0.05) is 13.3 Å². The van der Waals surface area contributed by atoms with Crippen molar-refractivity contribution in [3.63, 3.8) is 0 Å². The van der Waals surface area contributed by atoms with Crippen LogP contribution in [-0.2, 0) is 9.59 Å². The molecule has 0 aromatic heterocycles. The molecule has 0 bridgehead atoms. The number of amides is 2. The highest BCUT2D eigenvalue weighted by molar-refractivity contribution is 5.81. The van der Waals surface area contributed by atoms with Crippen molar-refractivity contribution in [1.82, 2.24) is 10.6 Å². The standard InChI is InChI=1S/C12H23N3O2/c1-8-4-3-5-9(13)11(8)12(17)15-7-6-10(16)14-2/h8-9,11H,3-7,13H2,1-2H3,(H,14,16)(H,15,17). The lowest BCUT2D eigenvalue weighted by molar-refractivity contribution is -0.128. The summed E-state index contributed by atoms with van der Waals surface area (Å²) in [6.07, 6.45) is 3.39. The van der Waals surface area contributed by atoms with E-state index < -0.39 is 0 Å². The van der Waals surface area contributed by atoms with Gasteiger partial charge < -0.3 is 16.4 Å². The molecule has 1 fully saturated rings. The monoisotopic (exact) mass is 241 g/mol. The maximum Gasteiger partial charge on any atom is 0.224 e. The number of nitrogens with one attached hydrogen (secondary N) is 2. The number of rotatable bonds is 4. The molecule has 0 aromatic rings. The Morgan fingerprint density at radius 3 is 2.65 bits per heavy atom. The van der Waals surface area contributed by atoms with Crippen LogP contribution in [0.2, 0.25) is 0 Å². The Morgan fingerprint density at radius 2 is 2.06 bits per heavy atom. The summed E-state index contributed by atoms with van der Waals surface area (Å²) < 4.78 is 0. The van der Waals surface area contributed by atoms with E-state index in [0.29, 0.717) is 18.9 Å². The summed E-state index contributed by atoms with van der Waals surface area (Å²) in [5, 5.41) is 5.32. The second kappa shape index (κ2) is 6.59. The molecule has 0 spiro atoms. The summed E-state index contributed by atoms with van der Waals surface area (Å²) in [7, 11) is 1.59. The maximum absolute atomic E-state index is 12.0. The predicted octanol–water partition coefficient (Wildman–Crippen LogP) is 0.00220. The van der Waals surface area contributed by atoms with Gasteiger partial charge in [0.2, 0.25) is 11.8 Å². The van der Waals surface area contributed by atoms with Gasteiger partial charge in [-0.3, -0.25) is 9.59 Å². The second-order valence-electron chi connectivity index (χ2n) is 4.81. The number of carbonyl (C=O) groups excluding carboxylic acids is 2. The van der Waals surface area contributed by atoms with Crippen LogP contribution in [-0.4, -0.2) is 31.4 Å². The van der Waals surface area contributed by atoms with Crippen LogP contribution in [0.25, 0.3) is 0 Å². The second-order valence-corrected chi connectivity index (χ2v) is 4.81. The van der Waals surface area contributed by atoms with Gasteiger partial charge >= 0.3 is 0 Å². The van der Waals surface area contributed by atoms with Gasteiger partial charge in [0.25, 0.3) is 0 Å². The quantitative estimate of drug-likeness (QED) is 0.648. The molecule has 1 saturated carbocycles. The molecule has 98 valence electrons. The van der Waals surface area contributed by atoms with E-state index in [1.807, 2.05) is 0 Å². The molecule has 0 saturated heterocycles. The summed E-state index contributed by atoms with van der Waals surface area (Å²) >= 11 is 0. The van der Waals surface area contributed by atoms with E-state index in [1.54, 1.807) is 7.05 Å². The van der Waals surface area contributed by atoms with Gasteiger partial charge in [0, 0.05) is 26.1 Å². The Kier molecular flexibility index (Phi) is 5.41. The van der Waals surface area contributed by atoms with Crippen LogP contribution in [0.3, 0.4) is 0 Å². The normalized spacial score (nSPS) is 28.5. The number of nitrogens with two attached hydrogens (primary N) is 1. The number of hydrogen-bond acceptors (Lipinski definition) is 3. The zero-order valence-corrected chi connectivity index (χ0v) is 10.7. The smallest absolute Gasteiger partial charge is 0.224 e. The van der Waals surface area contributed by atoms with Crippen molar-refractivity contribution in [2.75, 3.05) is 13.6 Å². The third kappa shape index (κ3) is 4.00. The molecule has 1 aliphatic carbocycles. The minimum atomic E-state index is -0.103. The lowest BCUT2D eigenvalue weighted by Gasteiger charge is -2.33. The highest BCUT2D eigenvalue weighted by Crippen LogP contribution is 2.28. The zero-order valence-electron chi connectivity index (χ0n) is 10.7. The Balaban J connectivity index is 2.37. The van der Waals surface area contributed by atoms with Crippen molar-refractivity contribution in [3.05, 3.63) is 0 Å². The molecule has 17 heavy (non-hydrogen) atoms. The van der Waals surface area contributed by atoms with E-state index >= 15 is 0 Å². The molecular weight excluding hydrogens is 218 g/mol. The largest absolute Gasteiger partial charge is 0.359 e. The summed E-state index contributed by atoms with van der Waals surface area (Å²) in [6, 6.07) is -0.0428. The van der Waals surface area contributed by atoms with E-state index in [9.17, 15) is 9.59 Å². The van der Waals surface area contributed by atoms with Crippen LogP contribution in [0.15, 0.2) is 0 Å². The van der Waals surface area contributed by atoms with Gasteiger partial charge in [-0.25, -0.2) is 0 Å². The zero-order chi connectivity index (χ0) is 12.8. The van der Waals surface area contributed by atoms with Crippen LogP contribution in [0.1, 0.15) is 32.6 Å². The van der Waals surface area contributed by atoms with Crippen molar-refractivity contribution >= 4 is 11.8 Å². The average molecular weight is 241 g/mol. The third-order valence-electron chi connectivity index (χ3n) is 3.50. The molecule has 5 heteroatoms. The Bertz CT molecular complexity index is 271. The molecule has 4 N–H and O–H groups in total. The van der Waals surface area contributed by atoms with Crippen molar-refractivity contribution < 1.29 is 9.59 Å². The number of hydrogen-bond donors (Lipinski definition) is 3. The van der Waals surface area contributed by atoms with E-state index in [-0.39, 0.29) is 23.8 Å². The van der Waals surface area contributed by atoms with E-state index in [4.69, 9.17) is 5.73 Å². The van der Waals surface area contributed by atoms with Crippen molar-refractivity contribution in [2.24, 2.45) is 17.6 Å². The summed E-state index contributed by atoms with van der Waals surface area (Å²) in [5.74, 6) is 0.159. The minimum absolute atomic E-state index is 0.00592. The van der Waals surface area contributed by atoms with E-state index in [1.165, 1.54) is 0 Å². The molecule has 2 amide bonds. The molecular formula is C12H23N3O2. The maximum atomic E-state index is 12.0. The first-order valence-corrected chi connectivity index (χ1v) is 6.30. The molecule has 3 atom stereocenters. The Hall–Kier alpha value is -1.10. The molecule has 1 rings (SSSR count). The summed E-state index contributed by atoms with van der Waals surface area (Å²) in [6.45, 7) is 2.45. The van der Waals surface area contributed by atoms with Crippen LogP contribution >= 0.6 is 0 Å². The van der Waals surface area contributed by atoms with Gasteiger partial charge in [-0.05, 0) is 18.8 Å². The van der Waals surface area contributed by atoms with Crippen LogP contribution < -0.4 is 16.4 Å². The highest BCUT2D eigenvalue weighted by Gasteiger charge is 2.33. The Morgan fingerprint density at radius 1 is 1.35 bits per heavy atom. The lowest BCUT2D eigenvalue weighted by atomic mass is 9.76. The van der Waals surface area contributed by atoms with Gasteiger partial charge in [-0.15, -0.1) is 0 Å². The van der Waals surface area contributed by atoms with Gasteiger partial charge in [0.05, 0.1) is 5.92 Å². The first-order valence-electron chi connectivity index (χ1n) is 6.30. The molecule has 3 unspecified atom stereocenters. The summed E-state index contributed by atoms with van der Waals surface area (Å²) in [5.41, 5.74) is 5.99. The van der Waals surface area contributed by atoms with Gasteiger partial charge in [-0.2, -0.15) is 0 Å². The van der Waals surface area contributed by atoms with Crippen molar-refractivity contribution in [3.8, 4) is 0 Å². The lowest BCUT2D eigenvalue weighted by Crippen LogP contribution is -2.47. The average Bonchev–Trinajstić information content (AvgIpc) is 2.28. The molecule has 0 radical (unpaired) electrons. The summed E-state index contributed by atoms with van der Waals surface area (Å²) in [4.78, 5) is 23.0. The third-order valence-corrected chi connectivity index (χ3v) is 3.50. The minimum Gasteiger partial charge on any atom is -0.359 e. The van der Waals surface area contributed by atoms with Gasteiger partial charge in [0.1, 0.15) is 0 Å². The van der Waals surface area contributed by atoms with E-state index in [0.717, 1.165) is 19.3 Å². The fourth-order valence-electron chi connectivity index (χ4n) is 2.45. The molecule has 0 aromatic carbocycles. The first kappa shape index (κ1) is 14.0. The van der Waals surface area contributed by atoms with Crippen molar-refractivity contribution in [2.45, 2.75) is 38.6 Å². The highest BCUT2D eigenvalue weighted by atomic mass is 16.2. The molecule has 5 nitrogen and oxygen atoms in total. The van der Waals surface area contributed by atoms with E-state index in [2.05, 4.69) is 17.6 Å². The van der Waals surface area contributed by atoms with Crippen LogP contribution in [0.4, 0.5) is 0 Å². The predicted molar refractivity (Wildman–Crippen MR) is 66.2 cm³/mol. The molecule has 0 heterocycles. The fourth-order valence-corrected chi connectivity index (χ4v) is 2.45.